The molecule has 1 atom stereocenters. The van der Waals surface area contributed by atoms with Gasteiger partial charge in [-0.05, 0) is 26.8 Å². The van der Waals surface area contributed by atoms with Crippen LogP contribution in [0, 0.1) is 13.8 Å². The highest BCUT2D eigenvalue weighted by Gasteiger charge is 2.18. The van der Waals surface area contributed by atoms with Crippen molar-refractivity contribution in [1.29, 1.82) is 0 Å². The van der Waals surface area contributed by atoms with Crippen LogP contribution in [0.2, 0.25) is 0 Å². The Kier molecular flexibility index (Phi) is 8.67. The van der Waals surface area contributed by atoms with Gasteiger partial charge < -0.3 is 5.32 Å². The van der Waals surface area contributed by atoms with Crippen LogP contribution in [0.4, 0.5) is 0 Å². The van der Waals surface area contributed by atoms with Gasteiger partial charge in [-0.15, -0.1) is 0 Å². The zero-order chi connectivity index (χ0) is 15.7. The van der Waals surface area contributed by atoms with Crippen LogP contribution in [0.25, 0.3) is 0 Å². The number of aromatic nitrogens is 2. The molecule has 1 unspecified atom stereocenters. The highest BCUT2D eigenvalue weighted by molar-refractivity contribution is 5.28. The third-order valence-electron chi connectivity index (χ3n) is 4.46. The predicted molar refractivity (Wildman–Crippen MR) is 91.7 cm³/mol. The van der Waals surface area contributed by atoms with Gasteiger partial charge in [-0.2, -0.15) is 5.10 Å². The largest absolute Gasteiger partial charge is 0.310 e. The monoisotopic (exact) mass is 293 g/mol. The Morgan fingerprint density at radius 1 is 1.00 bits per heavy atom. The Morgan fingerprint density at radius 3 is 2.14 bits per heavy atom. The minimum Gasteiger partial charge on any atom is -0.310 e. The molecule has 0 aliphatic rings. The molecular weight excluding hydrogens is 258 g/mol. The van der Waals surface area contributed by atoms with Gasteiger partial charge in [0.05, 0.1) is 5.69 Å². The van der Waals surface area contributed by atoms with E-state index in [0.717, 1.165) is 6.54 Å². The standard InChI is InChI=1S/C18H35N3/c1-6-8-9-10-11-12-13-14-17(19-7-2)18-15(3)20-21(5)16(18)4/h17,19H,6-14H2,1-5H3. The molecule has 0 aliphatic heterocycles. The molecule has 1 rings (SSSR count). The number of unbranched alkanes of at least 4 members (excludes halogenated alkanes) is 6. The smallest absolute Gasteiger partial charge is 0.0644 e. The van der Waals surface area contributed by atoms with Gasteiger partial charge >= 0.3 is 0 Å². The predicted octanol–water partition coefficient (Wildman–Crippen LogP) is 4.83. The topological polar surface area (TPSA) is 29.9 Å². The molecule has 0 amide bonds. The molecule has 3 nitrogen and oxygen atoms in total. The zero-order valence-electron chi connectivity index (χ0n) is 14.8. The van der Waals surface area contributed by atoms with Crippen molar-refractivity contribution >= 4 is 0 Å². The van der Waals surface area contributed by atoms with Gasteiger partial charge in [-0.25, -0.2) is 0 Å². The average Bonchev–Trinajstić information content (AvgIpc) is 2.70. The maximum atomic E-state index is 4.57. The van der Waals surface area contributed by atoms with Gasteiger partial charge in [0.25, 0.3) is 0 Å². The molecule has 1 aromatic rings. The number of nitrogens with one attached hydrogen (secondary N) is 1. The van der Waals surface area contributed by atoms with E-state index in [1.807, 2.05) is 11.7 Å². The lowest BCUT2D eigenvalue weighted by Crippen LogP contribution is -2.22. The van der Waals surface area contributed by atoms with Gasteiger partial charge in [0.2, 0.25) is 0 Å². The summed E-state index contributed by atoms with van der Waals surface area (Å²) in [4.78, 5) is 0. The molecule has 0 bridgehead atoms. The highest BCUT2D eigenvalue weighted by atomic mass is 15.3. The summed E-state index contributed by atoms with van der Waals surface area (Å²) < 4.78 is 2.01. The van der Waals surface area contributed by atoms with Gasteiger partial charge in [0.1, 0.15) is 0 Å². The first-order valence-electron chi connectivity index (χ1n) is 8.85. The minimum atomic E-state index is 0.472. The SMILES string of the molecule is CCCCCCCCCC(NCC)c1c(C)nn(C)c1C. The van der Waals surface area contributed by atoms with E-state index in [1.54, 1.807) is 0 Å². The number of nitrogens with zero attached hydrogens (tertiary/aromatic N) is 2. The molecule has 122 valence electrons. The summed E-state index contributed by atoms with van der Waals surface area (Å²) in [6.45, 7) is 9.81. The average molecular weight is 293 g/mol. The fourth-order valence-corrected chi connectivity index (χ4v) is 3.19. The van der Waals surface area contributed by atoms with E-state index in [9.17, 15) is 0 Å². The molecule has 21 heavy (non-hydrogen) atoms. The molecule has 0 saturated carbocycles. The van der Waals surface area contributed by atoms with E-state index < -0.39 is 0 Å². The van der Waals surface area contributed by atoms with Crippen LogP contribution < -0.4 is 5.32 Å². The third kappa shape index (κ3) is 5.82. The van der Waals surface area contributed by atoms with E-state index in [2.05, 4.69) is 38.1 Å². The summed E-state index contributed by atoms with van der Waals surface area (Å²) in [6.07, 6.45) is 10.9. The van der Waals surface area contributed by atoms with Crippen LogP contribution in [0.1, 0.15) is 88.2 Å². The fraction of sp³-hybridized carbons (Fsp3) is 0.833. The molecule has 1 N–H and O–H groups in total. The van der Waals surface area contributed by atoms with Crippen LogP contribution in [-0.2, 0) is 7.05 Å². The summed E-state index contributed by atoms with van der Waals surface area (Å²) in [5.74, 6) is 0. The van der Waals surface area contributed by atoms with E-state index in [1.165, 1.54) is 68.3 Å². The first kappa shape index (κ1) is 18.2. The zero-order valence-corrected chi connectivity index (χ0v) is 14.8. The molecule has 1 aromatic heterocycles. The number of hydrogen-bond donors (Lipinski definition) is 1. The first-order valence-corrected chi connectivity index (χ1v) is 8.85. The Hall–Kier alpha value is -0.830. The van der Waals surface area contributed by atoms with Crippen molar-refractivity contribution < 1.29 is 0 Å². The summed E-state index contributed by atoms with van der Waals surface area (Å²) in [5.41, 5.74) is 3.91. The molecule has 3 heteroatoms. The van der Waals surface area contributed by atoms with E-state index >= 15 is 0 Å². The van der Waals surface area contributed by atoms with Crippen LogP contribution in [0.15, 0.2) is 0 Å². The third-order valence-corrected chi connectivity index (χ3v) is 4.46. The second kappa shape index (κ2) is 9.99. The Labute approximate surface area is 131 Å². The number of aryl methyl sites for hydroxylation is 2. The van der Waals surface area contributed by atoms with Crippen LogP contribution in [0.3, 0.4) is 0 Å². The van der Waals surface area contributed by atoms with Gasteiger partial charge in [-0.3, -0.25) is 4.68 Å². The highest BCUT2D eigenvalue weighted by Crippen LogP contribution is 2.26. The maximum Gasteiger partial charge on any atom is 0.0644 e. The number of hydrogen-bond acceptors (Lipinski definition) is 2. The van der Waals surface area contributed by atoms with Crippen molar-refractivity contribution in [3.8, 4) is 0 Å². The summed E-state index contributed by atoms with van der Waals surface area (Å²) >= 11 is 0. The lowest BCUT2D eigenvalue weighted by molar-refractivity contribution is 0.472. The van der Waals surface area contributed by atoms with Gasteiger partial charge in [-0.1, -0.05) is 58.8 Å². The summed E-state index contributed by atoms with van der Waals surface area (Å²) in [7, 11) is 2.04. The van der Waals surface area contributed by atoms with E-state index in [4.69, 9.17) is 0 Å². The van der Waals surface area contributed by atoms with Gasteiger partial charge in [0, 0.05) is 24.3 Å². The second-order valence-corrected chi connectivity index (χ2v) is 6.23. The lowest BCUT2D eigenvalue weighted by atomic mass is 9.98. The Bertz CT molecular complexity index is 395. The summed E-state index contributed by atoms with van der Waals surface area (Å²) in [6, 6.07) is 0.472. The molecule has 0 spiro atoms. The molecule has 0 saturated heterocycles. The molecule has 0 fully saturated rings. The molecule has 0 aromatic carbocycles. The van der Waals surface area contributed by atoms with Crippen LogP contribution >= 0.6 is 0 Å². The van der Waals surface area contributed by atoms with Crippen LogP contribution in [0.5, 0.6) is 0 Å². The quantitative estimate of drug-likeness (QED) is 0.592. The minimum absolute atomic E-state index is 0.472. The second-order valence-electron chi connectivity index (χ2n) is 6.23. The maximum absolute atomic E-state index is 4.57. The Balaban J connectivity index is 2.43. The molecule has 0 radical (unpaired) electrons. The van der Waals surface area contributed by atoms with Crippen molar-refractivity contribution in [2.45, 2.75) is 85.1 Å². The van der Waals surface area contributed by atoms with Crippen molar-refractivity contribution in [3.05, 3.63) is 17.0 Å². The van der Waals surface area contributed by atoms with E-state index in [0.29, 0.717) is 6.04 Å². The van der Waals surface area contributed by atoms with Gasteiger partial charge in [0.15, 0.2) is 0 Å². The lowest BCUT2D eigenvalue weighted by Gasteiger charge is -2.19. The van der Waals surface area contributed by atoms with Crippen molar-refractivity contribution in [3.63, 3.8) is 0 Å². The van der Waals surface area contributed by atoms with Crippen molar-refractivity contribution in [1.82, 2.24) is 15.1 Å². The normalized spacial score (nSPS) is 12.8. The first-order chi connectivity index (χ1) is 10.1. The van der Waals surface area contributed by atoms with E-state index in [-0.39, 0.29) is 0 Å². The molecular formula is C18H35N3. The van der Waals surface area contributed by atoms with Crippen molar-refractivity contribution in [2.24, 2.45) is 7.05 Å². The Morgan fingerprint density at radius 2 is 1.62 bits per heavy atom. The molecule has 1 heterocycles. The summed E-state index contributed by atoms with van der Waals surface area (Å²) in [5, 5.41) is 8.22. The van der Waals surface area contributed by atoms with Crippen molar-refractivity contribution in [2.75, 3.05) is 6.54 Å². The number of rotatable bonds is 11. The molecule has 0 aliphatic carbocycles. The van der Waals surface area contributed by atoms with Crippen LogP contribution in [-0.4, -0.2) is 16.3 Å². The fourth-order valence-electron chi connectivity index (χ4n) is 3.19.